The first kappa shape index (κ1) is 28.3. The number of ether oxygens (including phenoxy) is 2. The largest absolute Gasteiger partial charge is 0.468 e. The van der Waals surface area contributed by atoms with Crippen molar-refractivity contribution in [3.63, 3.8) is 0 Å². The van der Waals surface area contributed by atoms with Gasteiger partial charge in [0.2, 0.25) is 0 Å². The lowest BCUT2D eigenvalue weighted by Gasteiger charge is -2.33. The molecule has 3 rings (SSSR count). The maximum Gasteiger partial charge on any atom is 0.336 e. The molecule has 0 aromatic heterocycles. The lowest BCUT2D eigenvalue weighted by Crippen LogP contribution is -2.38. The Morgan fingerprint density at radius 3 is 2.38 bits per heavy atom. The van der Waals surface area contributed by atoms with Gasteiger partial charge >= 0.3 is 11.9 Å². The van der Waals surface area contributed by atoms with Crippen LogP contribution in [0.4, 0.5) is 4.39 Å². The Morgan fingerprint density at radius 1 is 1.08 bits per heavy atom. The van der Waals surface area contributed by atoms with Gasteiger partial charge in [-0.2, -0.15) is 0 Å². The van der Waals surface area contributed by atoms with Gasteiger partial charge in [0.15, 0.2) is 0 Å². The van der Waals surface area contributed by atoms with E-state index in [-0.39, 0.29) is 17.6 Å². The summed E-state index contributed by atoms with van der Waals surface area (Å²) in [5.74, 6) is -3.17. The number of benzene rings is 2. The average molecular weight is 509 g/mol. The van der Waals surface area contributed by atoms with Gasteiger partial charge in [0.1, 0.15) is 11.7 Å². The Balaban J connectivity index is 1.79. The second-order valence-corrected chi connectivity index (χ2v) is 10.7. The van der Waals surface area contributed by atoms with Crippen molar-refractivity contribution in [2.45, 2.75) is 47.1 Å². The normalized spacial score (nSPS) is 18.0. The van der Waals surface area contributed by atoms with Crippen LogP contribution in [0.5, 0.6) is 0 Å². The number of rotatable bonds is 9. The van der Waals surface area contributed by atoms with Gasteiger partial charge in [-0.3, -0.25) is 9.79 Å². The quantitative estimate of drug-likeness (QED) is 0.421. The lowest BCUT2D eigenvalue weighted by molar-refractivity contribution is -0.145. The highest BCUT2D eigenvalue weighted by molar-refractivity contribution is 6.06. The summed E-state index contributed by atoms with van der Waals surface area (Å²) in [7, 11) is 3.33. The van der Waals surface area contributed by atoms with E-state index in [1.807, 2.05) is 20.9 Å². The van der Waals surface area contributed by atoms with E-state index in [4.69, 9.17) is 9.47 Å². The van der Waals surface area contributed by atoms with E-state index in [9.17, 15) is 14.0 Å². The van der Waals surface area contributed by atoms with Crippen LogP contribution in [0.15, 0.2) is 64.8 Å². The standard InChI is InChI=1S/C30H37FN2O4/c1-19-11-13-22(14-12-19)16-33(6)17-30(4,5)18-37-29(35)26-21(3)32-20(2)25(28(34)36-7)27(26)23-9-8-10-24(31)15-23/h8-15,25,27H,16-18H2,1-7H3. The number of hydrogen-bond donors (Lipinski definition) is 0. The fraction of sp³-hybridized carbons (Fsp3) is 0.433. The van der Waals surface area contributed by atoms with Crippen LogP contribution in [-0.4, -0.2) is 49.9 Å². The van der Waals surface area contributed by atoms with Crippen LogP contribution in [0, 0.1) is 24.1 Å². The van der Waals surface area contributed by atoms with Crippen molar-refractivity contribution in [3.8, 4) is 0 Å². The van der Waals surface area contributed by atoms with E-state index in [1.165, 1.54) is 30.4 Å². The van der Waals surface area contributed by atoms with Crippen LogP contribution in [0.3, 0.4) is 0 Å². The minimum absolute atomic E-state index is 0.169. The number of carbonyl (C=O) groups excluding carboxylic acids is 2. The Labute approximate surface area is 219 Å². The first-order valence-corrected chi connectivity index (χ1v) is 12.4. The Kier molecular flexibility index (Phi) is 9.02. The third-order valence-electron chi connectivity index (χ3n) is 6.58. The van der Waals surface area contributed by atoms with Crippen LogP contribution in [0.25, 0.3) is 0 Å². The molecule has 0 N–H and O–H groups in total. The lowest BCUT2D eigenvalue weighted by atomic mass is 9.75. The Bertz CT molecular complexity index is 1200. The van der Waals surface area contributed by atoms with E-state index in [1.54, 1.807) is 26.0 Å². The van der Waals surface area contributed by atoms with E-state index in [0.717, 1.165) is 6.54 Å². The van der Waals surface area contributed by atoms with Crippen molar-refractivity contribution in [3.05, 3.63) is 82.3 Å². The molecule has 2 aromatic rings. The smallest absolute Gasteiger partial charge is 0.336 e. The molecule has 1 aliphatic rings. The van der Waals surface area contributed by atoms with Gasteiger partial charge in [0.25, 0.3) is 0 Å². The Hall–Kier alpha value is -3.32. The fourth-order valence-corrected chi connectivity index (χ4v) is 4.97. The molecule has 1 aliphatic heterocycles. The van der Waals surface area contributed by atoms with Gasteiger partial charge in [-0.1, -0.05) is 55.8 Å². The first-order chi connectivity index (χ1) is 17.4. The van der Waals surface area contributed by atoms with Crippen molar-refractivity contribution < 1.29 is 23.5 Å². The average Bonchev–Trinajstić information content (AvgIpc) is 2.83. The zero-order chi connectivity index (χ0) is 27.3. The number of allylic oxidation sites excluding steroid dienone is 1. The van der Waals surface area contributed by atoms with Crippen LogP contribution in [0.1, 0.15) is 50.3 Å². The highest BCUT2D eigenvalue weighted by atomic mass is 19.1. The van der Waals surface area contributed by atoms with Gasteiger partial charge in [-0.15, -0.1) is 0 Å². The number of carbonyl (C=O) groups is 2. The minimum Gasteiger partial charge on any atom is -0.468 e. The zero-order valence-electron chi connectivity index (χ0n) is 22.8. The zero-order valence-corrected chi connectivity index (χ0v) is 22.8. The Morgan fingerprint density at radius 2 is 1.76 bits per heavy atom. The third kappa shape index (κ3) is 7.13. The number of hydrogen-bond acceptors (Lipinski definition) is 6. The summed E-state index contributed by atoms with van der Waals surface area (Å²) in [4.78, 5) is 32.9. The molecular weight excluding hydrogens is 471 g/mol. The van der Waals surface area contributed by atoms with Crippen LogP contribution >= 0.6 is 0 Å². The SMILES string of the molecule is COC(=O)C1C(C)=NC(C)=C(C(=O)OCC(C)(C)CN(C)Cc2ccc(C)cc2)C1c1cccc(F)c1. The van der Waals surface area contributed by atoms with Gasteiger partial charge in [0.05, 0.1) is 19.3 Å². The van der Waals surface area contributed by atoms with Crippen molar-refractivity contribution in [1.29, 1.82) is 0 Å². The molecule has 37 heavy (non-hydrogen) atoms. The molecule has 0 radical (unpaired) electrons. The van der Waals surface area contributed by atoms with Crippen LogP contribution in [0.2, 0.25) is 0 Å². The molecule has 2 atom stereocenters. The summed E-state index contributed by atoms with van der Waals surface area (Å²) in [5, 5.41) is 0. The van der Waals surface area contributed by atoms with Crippen LogP contribution in [-0.2, 0) is 25.6 Å². The summed E-state index contributed by atoms with van der Waals surface area (Å²) >= 11 is 0. The van der Waals surface area contributed by atoms with E-state index in [2.05, 4.69) is 41.1 Å². The van der Waals surface area contributed by atoms with Crippen molar-refractivity contribution in [2.24, 2.45) is 16.3 Å². The highest BCUT2D eigenvalue weighted by Crippen LogP contribution is 2.40. The van der Waals surface area contributed by atoms with Crippen molar-refractivity contribution >= 4 is 17.7 Å². The second kappa shape index (κ2) is 11.8. The summed E-state index contributed by atoms with van der Waals surface area (Å²) < 4.78 is 25.0. The number of aryl methyl sites for hydroxylation is 1. The minimum atomic E-state index is -0.855. The van der Waals surface area contributed by atoms with Gasteiger partial charge < -0.3 is 14.4 Å². The molecule has 0 saturated heterocycles. The van der Waals surface area contributed by atoms with E-state index < -0.39 is 29.6 Å². The number of aliphatic imine (C=N–C) groups is 1. The maximum atomic E-state index is 14.2. The molecule has 0 bridgehead atoms. The molecule has 7 heteroatoms. The summed E-state index contributed by atoms with van der Waals surface area (Å²) in [6.45, 7) is 11.2. The molecule has 0 spiro atoms. The van der Waals surface area contributed by atoms with E-state index in [0.29, 0.717) is 23.5 Å². The van der Waals surface area contributed by atoms with Gasteiger partial charge in [-0.25, -0.2) is 9.18 Å². The molecule has 2 unspecified atom stereocenters. The van der Waals surface area contributed by atoms with E-state index >= 15 is 0 Å². The summed E-state index contributed by atoms with van der Waals surface area (Å²) in [6, 6.07) is 14.3. The van der Waals surface area contributed by atoms with Crippen LogP contribution < -0.4 is 0 Å². The monoisotopic (exact) mass is 508 g/mol. The molecule has 2 aromatic carbocycles. The topological polar surface area (TPSA) is 68.2 Å². The molecule has 0 amide bonds. The molecule has 198 valence electrons. The maximum absolute atomic E-state index is 14.2. The van der Waals surface area contributed by atoms with Gasteiger partial charge in [0, 0.05) is 35.8 Å². The molecule has 1 heterocycles. The summed E-state index contributed by atoms with van der Waals surface area (Å²) in [6.07, 6.45) is 0. The molecular formula is C30H37FN2O4. The van der Waals surface area contributed by atoms with Gasteiger partial charge in [-0.05, 0) is 51.1 Å². The van der Waals surface area contributed by atoms with Crippen molar-refractivity contribution in [1.82, 2.24) is 4.90 Å². The summed E-state index contributed by atoms with van der Waals surface area (Å²) in [5.41, 5.74) is 3.79. The predicted molar refractivity (Wildman–Crippen MR) is 143 cm³/mol. The number of methoxy groups -OCH3 is 1. The molecule has 0 saturated carbocycles. The van der Waals surface area contributed by atoms with Crippen molar-refractivity contribution in [2.75, 3.05) is 27.3 Å². The predicted octanol–water partition coefficient (Wildman–Crippen LogP) is 5.46. The number of nitrogens with zero attached hydrogens (tertiary/aromatic N) is 2. The second-order valence-electron chi connectivity index (χ2n) is 10.7. The molecule has 6 nitrogen and oxygen atoms in total. The molecule has 0 aliphatic carbocycles. The number of esters is 2. The highest BCUT2D eigenvalue weighted by Gasteiger charge is 2.42. The third-order valence-corrected chi connectivity index (χ3v) is 6.58. The first-order valence-electron chi connectivity index (χ1n) is 12.4. The molecule has 0 fully saturated rings. The fourth-order valence-electron chi connectivity index (χ4n) is 4.97. The number of halogens is 1.